The standard InChI is InChI=1S/C8H7ClF2O/c9-8(10,11)7(12)6-4-2-1-3-5-6/h1-5,7,12H/t7-/m1/s1. The molecule has 1 N–H and O–H groups in total. The van der Waals surface area contributed by atoms with Crippen LogP contribution in [0.5, 0.6) is 0 Å². The zero-order chi connectivity index (χ0) is 9.19. The van der Waals surface area contributed by atoms with Gasteiger partial charge >= 0.3 is 5.38 Å². The van der Waals surface area contributed by atoms with Crippen LogP contribution >= 0.6 is 11.6 Å². The van der Waals surface area contributed by atoms with E-state index in [1.807, 2.05) is 0 Å². The molecule has 66 valence electrons. The molecule has 0 spiro atoms. The van der Waals surface area contributed by atoms with E-state index in [4.69, 9.17) is 5.11 Å². The lowest BCUT2D eigenvalue weighted by molar-refractivity contribution is -0.0424. The molecule has 0 amide bonds. The Balaban J connectivity index is 2.86. The van der Waals surface area contributed by atoms with Crippen molar-refractivity contribution in [3.8, 4) is 0 Å². The molecule has 0 aromatic heterocycles. The van der Waals surface area contributed by atoms with Crippen LogP contribution in [0.15, 0.2) is 30.3 Å². The van der Waals surface area contributed by atoms with Crippen molar-refractivity contribution in [3.63, 3.8) is 0 Å². The highest BCUT2D eigenvalue weighted by molar-refractivity contribution is 6.22. The molecule has 4 heteroatoms. The number of alkyl halides is 3. The largest absolute Gasteiger partial charge is 0.381 e. The summed E-state index contributed by atoms with van der Waals surface area (Å²) in [7, 11) is 0. The van der Waals surface area contributed by atoms with E-state index in [-0.39, 0.29) is 5.56 Å². The molecule has 1 aromatic rings. The second kappa shape index (κ2) is 3.37. The lowest BCUT2D eigenvalue weighted by Gasteiger charge is -2.15. The van der Waals surface area contributed by atoms with E-state index in [1.54, 1.807) is 18.2 Å². The van der Waals surface area contributed by atoms with Crippen LogP contribution in [0.4, 0.5) is 8.78 Å². The van der Waals surface area contributed by atoms with Crippen molar-refractivity contribution in [2.75, 3.05) is 0 Å². The Hall–Kier alpha value is -0.670. The Morgan fingerprint density at radius 2 is 1.75 bits per heavy atom. The molecule has 0 heterocycles. The van der Waals surface area contributed by atoms with Gasteiger partial charge in [0.2, 0.25) is 0 Å². The van der Waals surface area contributed by atoms with E-state index in [2.05, 4.69) is 11.6 Å². The van der Waals surface area contributed by atoms with Gasteiger partial charge < -0.3 is 5.11 Å². The van der Waals surface area contributed by atoms with E-state index in [0.717, 1.165) is 0 Å². The molecule has 0 aliphatic carbocycles. The monoisotopic (exact) mass is 192 g/mol. The molecule has 0 saturated carbocycles. The average molecular weight is 193 g/mol. The SMILES string of the molecule is O[C@H](c1ccccc1)C(F)(F)Cl. The molecule has 0 aliphatic rings. The summed E-state index contributed by atoms with van der Waals surface area (Å²) in [6.45, 7) is 0. The summed E-state index contributed by atoms with van der Waals surface area (Å²) in [5, 5.41) is 5.37. The minimum absolute atomic E-state index is 0.109. The Morgan fingerprint density at radius 3 is 2.17 bits per heavy atom. The average Bonchev–Trinajstić information content (AvgIpc) is 2.03. The molecule has 1 nitrogen and oxygen atoms in total. The van der Waals surface area contributed by atoms with Crippen molar-refractivity contribution in [2.45, 2.75) is 11.5 Å². The lowest BCUT2D eigenvalue weighted by atomic mass is 10.1. The summed E-state index contributed by atoms with van der Waals surface area (Å²) in [6, 6.07) is 7.56. The van der Waals surface area contributed by atoms with Crippen LogP contribution in [0.3, 0.4) is 0 Å². The third kappa shape index (κ3) is 2.16. The Morgan fingerprint density at radius 1 is 1.25 bits per heavy atom. The summed E-state index contributed by atoms with van der Waals surface area (Å²) >= 11 is 4.63. The normalized spacial score (nSPS) is 14.3. The van der Waals surface area contributed by atoms with Crippen LogP contribution in [0.2, 0.25) is 0 Å². The molecule has 12 heavy (non-hydrogen) atoms. The zero-order valence-corrected chi connectivity index (χ0v) is 6.80. The molecular weight excluding hydrogens is 186 g/mol. The summed E-state index contributed by atoms with van der Waals surface area (Å²) in [6.07, 6.45) is -1.94. The number of hydrogen-bond acceptors (Lipinski definition) is 1. The number of halogens is 3. The summed E-state index contributed by atoms with van der Waals surface area (Å²) in [5.74, 6) is 0. The van der Waals surface area contributed by atoms with Crippen molar-refractivity contribution in [1.29, 1.82) is 0 Å². The van der Waals surface area contributed by atoms with Gasteiger partial charge in [-0.25, -0.2) is 0 Å². The third-order valence-corrected chi connectivity index (χ3v) is 1.63. The maximum atomic E-state index is 12.3. The van der Waals surface area contributed by atoms with Crippen LogP contribution in [-0.4, -0.2) is 10.5 Å². The fourth-order valence-electron chi connectivity index (χ4n) is 0.824. The predicted molar refractivity (Wildman–Crippen MR) is 42.2 cm³/mol. The van der Waals surface area contributed by atoms with Crippen molar-refractivity contribution < 1.29 is 13.9 Å². The first-order valence-corrected chi connectivity index (χ1v) is 3.69. The molecule has 1 aromatic carbocycles. The minimum Gasteiger partial charge on any atom is -0.381 e. The van der Waals surface area contributed by atoms with Gasteiger partial charge in [0.05, 0.1) is 0 Å². The second-order valence-electron chi connectivity index (χ2n) is 2.35. The van der Waals surface area contributed by atoms with E-state index in [1.165, 1.54) is 12.1 Å². The number of hydrogen-bond donors (Lipinski definition) is 1. The van der Waals surface area contributed by atoms with E-state index >= 15 is 0 Å². The zero-order valence-electron chi connectivity index (χ0n) is 6.05. The van der Waals surface area contributed by atoms with Crippen molar-refractivity contribution >= 4 is 11.6 Å². The number of aliphatic hydroxyl groups excluding tert-OH is 1. The van der Waals surface area contributed by atoms with Gasteiger partial charge in [-0.15, -0.1) is 0 Å². The van der Waals surface area contributed by atoms with Crippen molar-refractivity contribution in [2.24, 2.45) is 0 Å². The topological polar surface area (TPSA) is 20.2 Å². The van der Waals surface area contributed by atoms with Crippen molar-refractivity contribution in [1.82, 2.24) is 0 Å². The Labute approximate surface area is 73.6 Å². The number of rotatable bonds is 2. The van der Waals surface area contributed by atoms with Gasteiger partial charge in [0, 0.05) is 0 Å². The molecule has 0 aliphatic heterocycles. The Bertz CT molecular complexity index is 245. The maximum Gasteiger partial charge on any atom is 0.351 e. The van der Waals surface area contributed by atoms with Crippen LogP contribution in [0.1, 0.15) is 11.7 Å². The molecule has 0 fully saturated rings. The van der Waals surface area contributed by atoms with Gasteiger partial charge in [-0.2, -0.15) is 8.78 Å². The maximum absolute atomic E-state index is 12.3. The number of benzene rings is 1. The van der Waals surface area contributed by atoms with Crippen LogP contribution < -0.4 is 0 Å². The number of aliphatic hydroxyl groups is 1. The second-order valence-corrected chi connectivity index (χ2v) is 2.86. The smallest absolute Gasteiger partial charge is 0.351 e. The lowest BCUT2D eigenvalue weighted by Crippen LogP contribution is -2.18. The predicted octanol–water partition coefficient (Wildman–Crippen LogP) is 2.55. The van der Waals surface area contributed by atoms with Gasteiger partial charge in [-0.05, 0) is 17.2 Å². The minimum atomic E-state index is -3.61. The van der Waals surface area contributed by atoms with Crippen LogP contribution in [0, 0.1) is 0 Å². The molecular formula is C8H7ClF2O. The highest BCUT2D eigenvalue weighted by Crippen LogP contribution is 2.34. The van der Waals surface area contributed by atoms with Gasteiger partial charge in [0.25, 0.3) is 0 Å². The molecule has 0 saturated heterocycles. The van der Waals surface area contributed by atoms with E-state index in [9.17, 15) is 8.78 Å². The fourth-order valence-corrected chi connectivity index (χ4v) is 0.950. The molecule has 1 atom stereocenters. The summed E-state index contributed by atoms with van der Waals surface area (Å²) in [5.41, 5.74) is 0.109. The first-order chi connectivity index (χ1) is 5.52. The molecule has 1 rings (SSSR count). The van der Waals surface area contributed by atoms with Gasteiger partial charge in [-0.3, -0.25) is 0 Å². The van der Waals surface area contributed by atoms with Gasteiger partial charge in [0.15, 0.2) is 6.10 Å². The molecule has 0 bridgehead atoms. The highest BCUT2D eigenvalue weighted by atomic mass is 35.5. The molecule has 0 radical (unpaired) electrons. The summed E-state index contributed by atoms with van der Waals surface area (Å²) < 4.78 is 24.6. The first kappa shape index (κ1) is 9.42. The first-order valence-electron chi connectivity index (χ1n) is 3.31. The van der Waals surface area contributed by atoms with Crippen LogP contribution in [0.25, 0.3) is 0 Å². The molecule has 0 unspecified atom stereocenters. The van der Waals surface area contributed by atoms with E-state index in [0.29, 0.717) is 0 Å². The summed E-state index contributed by atoms with van der Waals surface area (Å²) in [4.78, 5) is 0. The quantitative estimate of drug-likeness (QED) is 0.714. The Kier molecular flexibility index (Phi) is 2.65. The van der Waals surface area contributed by atoms with Crippen LogP contribution in [-0.2, 0) is 0 Å². The van der Waals surface area contributed by atoms with Gasteiger partial charge in [0.1, 0.15) is 0 Å². The third-order valence-electron chi connectivity index (χ3n) is 1.43. The fraction of sp³-hybridized carbons (Fsp3) is 0.250. The van der Waals surface area contributed by atoms with Gasteiger partial charge in [-0.1, -0.05) is 30.3 Å². The van der Waals surface area contributed by atoms with E-state index < -0.39 is 11.5 Å². The van der Waals surface area contributed by atoms with Crippen molar-refractivity contribution in [3.05, 3.63) is 35.9 Å². The highest BCUT2D eigenvalue weighted by Gasteiger charge is 2.36.